The molecule has 11 heteroatoms. The molecule has 2 heterocycles. The van der Waals surface area contributed by atoms with Gasteiger partial charge in [0.2, 0.25) is 11.8 Å². The number of ether oxygens (including phenoxy) is 4. The van der Waals surface area contributed by atoms with Crippen molar-refractivity contribution >= 4 is 23.9 Å². The van der Waals surface area contributed by atoms with Crippen LogP contribution in [0.3, 0.4) is 0 Å². The van der Waals surface area contributed by atoms with E-state index in [4.69, 9.17) is 24.1 Å². The van der Waals surface area contributed by atoms with Gasteiger partial charge in [-0.15, -0.1) is 0 Å². The van der Waals surface area contributed by atoms with Crippen molar-refractivity contribution in [3.63, 3.8) is 0 Å². The molecular weight excluding hydrogens is 520 g/mol. The van der Waals surface area contributed by atoms with Crippen molar-refractivity contribution in [2.45, 2.75) is 75.3 Å². The first-order valence-corrected chi connectivity index (χ1v) is 13.8. The van der Waals surface area contributed by atoms with Crippen molar-refractivity contribution in [2.75, 3.05) is 19.9 Å². The average Bonchev–Trinajstić information content (AvgIpc) is 3.57. The van der Waals surface area contributed by atoms with Gasteiger partial charge in [0.05, 0.1) is 30.5 Å². The largest absolute Gasteiger partial charge is 0.456 e. The van der Waals surface area contributed by atoms with E-state index in [0.29, 0.717) is 23.7 Å². The number of carbonyl (C=O) groups excluding carboxylic acids is 3. The van der Waals surface area contributed by atoms with E-state index in [1.807, 2.05) is 12.1 Å². The van der Waals surface area contributed by atoms with Crippen LogP contribution < -0.4 is 10.6 Å². The number of amides is 2. The number of allylic oxidation sites excluding steroid dienone is 1. The highest BCUT2D eigenvalue weighted by Gasteiger charge is 2.44. The van der Waals surface area contributed by atoms with Crippen molar-refractivity contribution in [2.24, 2.45) is 5.92 Å². The van der Waals surface area contributed by atoms with Crippen LogP contribution in [0, 0.1) is 5.92 Å². The minimum atomic E-state index is -1.23. The van der Waals surface area contributed by atoms with Crippen LogP contribution in [0.15, 0.2) is 42.0 Å². The summed E-state index contributed by atoms with van der Waals surface area (Å²) in [7, 11) is 0. The topological polar surface area (TPSA) is 156 Å². The molecule has 11 nitrogen and oxygen atoms in total. The van der Waals surface area contributed by atoms with Gasteiger partial charge < -0.3 is 39.8 Å². The van der Waals surface area contributed by atoms with Gasteiger partial charge in [-0.05, 0) is 55.9 Å². The summed E-state index contributed by atoms with van der Waals surface area (Å²) in [5.74, 6) is -1.31. The molecule has 2 amide bonds. The highest BCUT2D eigenvalue weighted by molar-refractivity contribution is 5.97. The number of esters is 1. The molecule has 1 saturated carbocycles. The molecule has 0 spiro atoms. The molecule has 1 aromatic carbocycles. The Bertz CT molecular complexity index is 1170. The average molecular weight is 557 g/mol. The zero-order chi connectivity index (χ0) is 28.2. The molecule has 4 aliphatic rings. The number of epoxide rings is 1. The molecule has 5 rings (SSSR count). The number of nitrogens with one attached hydrogen (secondary N) is 2. The fourth-order valence-electron chi connectivity index (χ4n) is 5.48. The summed E-state index contributed by atoms with van der Waals surface area (Å²) in [6.45, 7) is 1.08. The molecule has 0 aromatic heterocycles. The summed E-state index contributed by atoms with van der Waals surface area (Å²) in [6.07, 6.45) is 6.73. The van der Waals surface area contributed by atoms with Crippen LogP contribution in [0.4, 0.5) is 0 Å². The Hall–Kier alpha value is -3.09. The maximum Gasteiger partial charge on any atom is 0.338 e. The maximum atomic E-state index is 13.2. The highest BCUT2D eigenvalue weighted by Crippen LogP contribution is 2.40. The fraction of sp³-hybridized carbons (Fsp3) is 0.552. The van der Waals surface area contributed by atoms with Crippen molar-refractivity contribution in [1.82, 2.24) is 10.6 Å². The zero-order valence-corrected chi connectivity index (χ0v) is 22.4. The van der Waals surface area contributed by atoms with Gasteiger partial charge in [0.25, 0.3) is 0 Å². The lowest BCUT2D eigenvalue weighted by atomic mass is 9.88. The van der Waals surface area contributed by atoms with Crippen LogP contribution >= 0.6 is 0 Å². The lowest BCUT2D eigenvalue weighted by Crippen LogP contribution is -2.54. The van der Waals surface area contributed by atoms with Crippen LogP contribution in [-0.2, 0) is 28.5 Å². The first-order chi connectivity index (χ1) is 19.3. The van der Waals surface area contributed by atoms with E-state index in [0.717, 1.165) is 24.8 Å². The molecule has 3 fully saturated rings. The summed E-state index contributed by atoms with van der Waals surface area (Å²) in [6, 6.07) is 5.94. The number of benzene rings is 1. The smallest absolute Gasteiger partial charge is 0.338 e. The normalized spacial score (nSPS) is 30.4. The number of carbonyl (C=O) groups is 3. The molecule has 2 aliphatic carbocycles. The SMILES string of the molecule is C[C@H](O)[C@@H](NC(=O)C1=C[C@H]2OCO[C@H]2[C@H](OC(=O)c2cccc(C=CC3CCC4OC4C3)c2)C1)C(=O)NCCO. The molecule has 4 N–H and O–H groups in total. The van der Waals surface area contributed by atoms with Gasteiger partial charge in [-0.25, -0.2) is 4.79 Å². The lowest BCUT2D eigenvalue weighted by Gasteiger charge is -2.31. The Labute approximate surface area is 232 Å². The standard InChI is InChI=1S/C29H36N2O9/c1-16(33)25(28(35)30-9-10-32)31-27(34)20-13-23-26(38-15-37-23)24(14-20)40-29(36)19-4-2-3-17(11-19)5-6-18-7-8-21-22(12-18)39-21/h2-6,11,13,16,18,21-26,32-33H,7-10,12,14-15H2,1H3,(H,30,35)(H,31,34)/t16-,18?,21?,22?,23+,24+,25+,26+/m0/s1. The van der Waals surface area contributed by atoms with E-state index in [-0.39, 0.29) is 31.9 Å². The Kier molecular flexibility index (Phi) is 8.97. The zero-order valence-electron chi connectivity index (χ0n) is 22.4. The van der Waals surface area contributed by atoms with E-state index in [1.165, 1.54) is 6.92 Å². The number of hydrogen-bond donors (Lipinski definition) is 4. The molecule has 3 unspecified atom stereocenters. The van der Waals surface area contributed by atoms with Gasteiger partial charge in [0, 0.05) is 18.5 Å². The molecule has 216 valence electrons. The van der Waals surface area contributed by atoms with Gasteiger partial charge in [-0.1, -0.05) is 24.3 Å². The summed E-state index contributed by atoms with van der Waals surface area (Å²) in [5, 5.41) is 24.0. The third kappa shape index (κ3) is 6.79. The molecular formula is C29H36N2O9. The van der Waals surface area contributed by atoms with Gasteiger partial charge in [0.15, 0.2) is 0 Å². The third-order valence-corrected chi connectivity index (χ3v) is 7.74. The molecule has 0 bridgehead atoms. The van der Waals surface area contributed by atoms with Gasteiger partial charge >= 0.3 is 5.97 Å². The second-order valence-electron chi connectivity index (χ2n) is 10.7. The Morgan fingerprint density at radius 2 is 2.05 bits per heavy atom. The molecule has 1 aromatic rings. The molecule has 40 heavy (non-hydrogen) atoms. The van der Waals surface area contributed by atoms with Crippen LogP contribution in [-0.4, -0.2) is 90.6 Å². The van der Waals surface area contributed by atoms with Gasteiger partial charge in [-0.2, -0.15) is 0 Å². The van der Waals surface area contributed by atoms with E-state index in [1.54, 1.807) is 24.3 Å². The van der Waals surface area contributed by atoms with Gasteiger partial charge in [0.1, 0.15) is 31.1 Å². The minimum absolute atomic E-state index is 0.0112. The predicted octanol–water partition coefficient (Wildman–Crippen LogP) is 0.838. The lowest BCUT2D eigenvalue weighted by molar-refractivity contribution is -0.130. The first kappa shape index (κ1) is 28.4. The van der Waals surface area contributed by atoms with Crippen molar-refractivity contribution < 1.29 is 43.5 Å². The second kappa shape index (κ2) is 12.6. The highest BCUT2D eigenvalue weighted by atomic mass is 16.7. The number of hydrogen-bond acceptors (Lipinski definition) is 9. The Balaban J connectivity index is 1.23. The van der Waals surface area contributed by atoms with E-state index >= 15 is 0 Å². The van der Waals surface area contributed by atoms with Crippen molar-refractivity contribution in [1.29, 1.82) is 0 Å². The first-order valence-electron chi connectivity index (χ1n) is 13.8. The Morgan fingerprint density at radius 1 is 1.20 bits per heavy atom. The van der Waals surface area contributed by atoms with Crippen molar-refractivity contribution in [3.05, 3.63) is 53.1 Å². The van der Waals surface area contributed by atoms with E-state index in [2.05, 4.69) is 16.7 Å². The minimum Gasteiger partial charge on any atom is -0.456 e. The third-order valence-electron chi connectivity index (χ3n) is 7.74. The molecule has 0 radical (unpaired) electrons. The maximum absolute atomic E-state index is 13.2. The van der Waals surface area contributed by atoms with Crippen LogP contribution in [0.25, 0.3) is 6.08 Å². The van der Waals surface area contributed by atoms with Crippen LogP contribution in [0.1, 0.15) is 48.5 Å². The monoisotopic (exact) mass is 556 g/mol. The summed E-state index contributed by atoms with van der Waals surface area (Å²) in [5.41, 5.74) is 1.51. The summed E-state index contributed by atoms with van der Waals surface area (Å²) < 4.78 is 22.7. The quantitative estimate of drug-likeness (QED) is 0.242. The molecule has 2 aliphatic heterocycles. The predicted molar refractivity (Wildman–Crippen MR) is 142 cm³/mol. The summed E-state index contributed by atoms with van der Waals surface area (Å²) in [4.78, 5) is 38.6. The Morgan fingerprint density at radius 3 is 2.83 bits per heavy atom. The summed E-state index contributed by atoms with van der Waals surface area (Å²) >= 11 is 0. The number of aliphatic hydroxyl groups is 2. The number of fused-ring (bicyclic) bond motifs is 2. The van der Waals surface area contributed by atoms with Crippen LogP contribution in [0.2, 0.25) is 0 Å². The molecule has 8 atom stereocenters. The van der Waals surface area contributed by atoms with Crippen LogP contribution in [0.5, 0.6) is 0 Å². The number of aliphatic hydroxyl groups excluding tert-OH is 2. The second-order valence-corrected chi connectivity index (χ2v) is 10.7. The van der Waals surface area contributed by atoms with Crippen molar-refractivity contribution in [3.8, 4) is 0 Å². The molecule has 2 saturated heterocycles. The van der Waals surface area contributed by atoms with E-state index < -0.39 is 48.2 Å². The van der Waals surface area contributed by atoms with E-state index in [9.17, 15) is 19.5 Å². The fourth-order valence-corrected chi connectivity index (χ4v) is 5.48. The number of rotatable bonds is 10. The van der Waals surface area contributed by atoms with Gasteiger partial charge in [-0.3, -0.25) is 9.59 Å².